The van der Waals surface area contributed by atoms with Crippen molar-refractivity contribution in [3.05, 3.63) is 91.3 Å². The molecule has 0 bridgehead atoms. The van der Waals surface area contributed by atoms with E-state index in [9.17, 15) is 19.2 Å². The van der Waals surface area contributed by atoms with Gasteiger partial charge in [-0.2, -0.15) is 0 Å². The first kappa shape index (κ1) is 19.1. The molecule has 4 heterocycles. The summed E-state index contributed by atoms with van der Waals surface area (Å²) >= 11 is 2.95. The van der Waals surface area contributed by atoms with Crippen molar-refractivity contribution in [3.8, 4) is 0 Å². The standard InChI is InChI=1S/C24H14N2O4S2/c27-21-15-5-7-17-20-18(24(30)26(23(17)29)12-14-4-2-10-32-14)8-6-16(19(15)20)22(28)25(21)11-13-3-1-9-31-13/h1-10H,11-12H2. The van der Waals surface area contributed by atoms with E-state index in [4.69, 9.17) is 0 Å². The van der Waals surface area contributed by atoms with Crippen LogP contribution in [0.4, 0.5) is 0 Å². The van der Waals surface area contributed by atoms with Crippen molar-refractivity contribution in [1.82, 2.24) is 9.80 Å². The molecule has 0 aliphatic carbocycles. The van der Waals surface area contributed by atoms with Crippen LogP contribution in [0.25, 0.3) is 10.8 Å². The number of amides is 4. The van der Waals surface area contributed by atoms with Crippen molar-refractivity contribution in [3.63, 3.8) is 0 Å². The lowest BCUT2D eigenvalue weighted by Crippen LogP contribution is -2.42. The zero-order chi connectivity index (χ0) is 22.0. The van der Waals surface area contributed by atoms with Crippen LogP contribution in [0.3, 0.4) is 0 Å². The Hall–Kier alpha value is -3.62. The molecule has 6 nitrogen and oxygen atoms in total. The van der Waals surface area contributed by atoms with Crippen molar-refractivity contribution < 1.29 is 19.2 Å². The SMILES string of the molecule is O=C1c2ccc3c4c(ccc(c24)C(=O)N1Cc1cccs1)C(=O)N(Cc1cccs1)C3=O. The molecule has 8 heteroatoms. The fourth-order valence-corrected chi connectivity index (χ4v) is 5.76. The number of carbonyl (C=O) groups excluding carboxylic acids is 4. The Morgan fingerprint density at radius 1 is 0.531 bits per heavy atom. The largest absolute Gasteiger partial charge is 0.269 e. The third-order valence-electron chi connectivity index (χ3n) is 5.85. The summed E-state index contributed by atoms with van der Waals surface area (Å²) < 4.78 is 0. The number of imide groups is 2. The first-order valence-electron chi connectivity index (χ1n) is 9.91. The van der Waals surface area contributed by atoms with Crippen molar-refractivity contribution in [2.75, 3.05) is 0 Å². The predicted octanol–water partition coefficient (Wildman–Crippen LogP) is 4.56. The van der Waals surface area contributed by atoms with E-state index in [1.807, 2.05) is 35.0 Å². The molecule has 0 fully saturated rings. The molecule has 4 amide bonds. The van der Waals surface area contributed by atoms with Crippen LogP contribution in [0.2, 0.25) is 0 Å². The number of thiophene rings is 2. The maximum atomic E-state index is 13.2. The van der Waals surface area contributed by atoms with E-state index >= 15 is 0 Å². The van der Waals surface area contributed by atoms with Crippen molar-refractivity contribution in [2.24, 2.45) is 0 Å². The van der Waals surface area contributed by atoms with Crippen LogP contribution >= 0.6 is 22.7 Å². The smallest absolute Gasteiger partial charge is 0.261 e. The minimum Gasteiger partial charge on any atom is -0.269 e. The number of nitrogens with zero attached hydrogens (tertiary/aromatic N) is 2. The van der Waals surface area contributed by atoms with E-state index in [1.54, 1.807) is 24.3 Å². The summed E-state index contributed by atoms with van der Waals surface area (Å²) in [6, 6.07) is 13.9. The summed E-state index contributed by atoms with van der Waals surface area (Å²) in [7, 11) is 0. The first-order valence-corrected chi connectivity index (χ1v) is 11.7. The zero-order valence-corrected chi connectivity index (χ0v) is 18.2. The average Bonchev–Trinajstić information content (AvgIpc) is 3.50. The van der Waals surface area contributed by atoms with Gasteiger partial charge in [0.1, 0.15) is 0 Å². The van der Waals surface area contributed by atoms with Gasteiger partial charge in [0.05, 0.1) is 13.1 Å². The maximum absolute atomic E-state index is 13.2. The molecule has 6 rings (SSSR count). The van der Waals surface area contributed by atoms with E-state index < -0.39 is 23.6 Å². The number of rotatable bonds is 4. The molecule has 0 radical (unpaired) electrons. The summed E-state index contributed by atoms with van der Waals surface area (Å²) in [4.78, 5) is 57.2. The number of hydrogen-bond acceptors (Lipinski definition) is 6. The van der Waals surface area contributed by atoms with Crippen LogP contribution in [-0.4, -0.2) is 33.4 Å². The van der Waals surface area contributed by atoms with Crippen molar-refractivity contribution >= 4 is 57.1 Å². The summed E-state index contributed by atoms with van der Waals surface area (Å²) in [6.07, 6.45) is 0. The molecule has 2 aliphatic heterocycles. The van der Waals surface area contributed by atoms with E-state index in [2.05, 4.69) is 0 Å². The second-order valence-corrected chi connectivity index (χ2v) is 9.69. The van der Waals surface area contributed by atoms with Crippen LogP contribution in [0.1, 0.15) is 51.2 Å². The lowest BCUT2D eigenvalue weighted by Gasteiger charge is -2.31. The Balaban J connectivity index is 1.49. The molecule has 0 saturated carbocycles. The zero-order valence-electron chi connectivity index (χ0n) is 16.5. The fraction of sp³-hybridized carbons (Fsp3) is 0.0833. The van der Waals surface area contributed by atoms with Gasteiger partial charge in [-0.3, -0.25) is 29.0 Å². The Morgan fingerprint density at radius 2 is 0.875 bits per heavy atom. The minimum atomic E-state index is -0.416. The Kier molecular flexibility index (Phi) is 4.14. The molecule has 4 aromatic rings. The highest BCUT2D eigenvalue weighted by molar-refractivity contribution is 7.10. The Labute approximate surface area is 190 Å². The molecule has 2 aliphatic rings. The number of hydrogen-bond donors (Lipinski definition) is 0. The van der Waals surface area contributed by atoms with E-state index in [0.717, 1.165) is 9.75 Å². The monoisotopic (exact) mass is 458 g/mol. The Morgan fingerprint density at radius 3 is 1.16 bits per heavy atom. The highest BCUT2D eigenvalue weighted by Crippen LogP contribution is 2.38. The molecule has 156 valence electrons. The van der Waals surface area contributed by atoms with Crippen LogP contribution in [0.5, 0.6) is 0 Å². The van der Waals surface area contributed by atoms with Gasteiger partial charge in [0.2, 0.25) is 0 Å². The van der Waals surface area contributed by atoms with Gasteiger partial charge < -0.3 is 0 Å². The predicted molar refractivity (Wildman–Crippen MR) is 121 cm³/mol. The number of benzene rings is 2. The van der Waals surface area contributed by atoms with Crippen LogP contribution in [0.15, 0.2) is 59.3 Å². The molecule has 2 aromatic carbocycles. The normalized spacial score (nSPS) is 15.2. The first-order chi connectivity index (χ1) is 15.5. The molecular weight excluding hydrogens is 444 g/mol. The van der Waals surface area contributed by atoms with E-state index in [1.165, 1.54) is 32.5 Å². The lowest BCUT2D eigenvalue weighted by molar-refractivity contribution is 0.0578. The van der Waals surface area contributed by atoms with Gasteiger partial charge in [-0.1, -0.05) is 12.1 Å². The van der Waals surface area contributed by atoms with Crippen LogP contribution in [-0.2, 0) is 13.1 Å². The molecule has 0 saturated heterocycles. The van der Waals surface area contributed by atoms with Gasteiger partial charge >= 0.3 is 0 Å². The second kappa shape index (κ2) is 6.94. The minimum absolute atomic E-state index is 0.187. The van der Waals surface area contributed by atoms with Gasteiger partial charge in [0, 0.05) is 42.8 Å². The van der Waals surface area contributed by atoms with Gasteiger partial charge in [-0.15, -0.1) is 22.7 Å². The quantitative estimate of drug-likeness (QED) is 0.421. The van der Waals surface area contributed by atoms with Crippen molar-refractivity contribution in [2.45, 2.75) is 13.1 Å². The third kappa shape index (κ3) is 2.63. The molecular formula is C24H14N2O4S2. The van der Waals surface area contributed by atoms with Crippen molar-refractivity contribution in [1.29, 1.82) is 0 Å². The van der Waals surface area contributed by atoms with Gasteiger partial charge in [-0.05, 0) is 47.2 Å². The Bertz CT molecular complexity index is 1270. The van der Waals surface area contributed by atoms with Crippen LogP contribution in [0, 0.1) is 0 Å². The fourth-order valence-electron chi connectivity index (χ4n) is 4.38. The molecule has 0 N–H and O–H groups in total. The lowest BCUT2D eigenvalue weighted by atomic mass is 9.86. The summed E-state index contributed by atoms with van der Waals surface area (Å²) in [6.45, 7) is 0.373. The van der Waals surface area contributed by atoms with Crippen LogP contribution < -0.4 is 0 Å². The second-order valence-electron chi connectivity index (χ2n) is 7.62. The maximum Gasteiger partial charge on any atom is 0.261 e. The molecule has 0 unspecified atom stereocenters. The molecule has 0 atom stereocenters. The highest BCUT2D eigenvalue weighted by atomic mass is 32.1. The van der Waals surface area contributed by atoms with Gasteiger partial charge in [0.25, 0.3) is 23.6 Å². The summed E-state index contributed by atoms with van der Waals surface area (Å²) in [5, 5.41) is 4.59. The topological polar surface area (TPSA) is 74.8 Å². The van der Waals surface area contributed by atoms with E-state index in [0.29, 0.717) is 33.0 Å². The van der Waals surface area contributed by atoms with Gasteiger partial charge in [-0.25, -0.2) is 0 Å². The molecule has 2 aromatic heterocycles. The number of carbonyl (C=O) groups is 4. The molecule has 32 heavy (non-hydrogen) atoms. The van der Waals surface area contributed by atoms with Gasteiger partial charge in [0.15, 0.2) is 0 Å². The summed E-state index contributed by atoms with van der Waals surface area (Å²) in [5.74, 6) is -1.66. The van der Waals surface area contributed by atoms with E-state index in [-0.39, 0.29) is 13.1 Å². The average molecular weight is 459 g/mol. The third-order valence-corrected chi connectivity index (χ3v) is 7.57. The highest BCUT2D eigenvalue weighted by Gasteiger charge is 2.39. The molecule has 0 spiro atoms. The summed E-state index contributed by atoms with van der Waals surface area (Å²) in [5.41, 5.74) is 1.35.